The van der Waals surface area contributed by atoms with Crippen LogP contribution in [0.3, 0.4) is 0 Å². The summed E-state index contributed by atoms with van der Waals surface area (Å²) in [6, 6.07) is 18.7. The van der Waals surface area contributed by atoms with E-state index in [-0.39, 0.29) is 5.84 Å². The van der Waals surface area contributed by atoms with Gasteiger partial charge in [0.1, 0.15) is 5.82 Å². The van der Waals surface area contributed by atoms with Crippen LogP contribution in [0.2, 0.25) is 0 Å². The van der Waals surface area contributed by atoms with Crippen LogP contribution in [0.4, 0.5) is 11.5 Å². The molecule has 0 spiro atoms. The molecule has 26 heavy (non-hydrogen) atoms. The quantitative estimate of drug-likeness (QED) is 0.290. The molecule has 0 radical (unpaired) electrons. The number of carbonyl (C=O) groups excluding carboxylic acids is 1. The van der Waals surface area contributed by atoms with Crippen LogP contribution in [-0.4, -0.2) is 16.7 Å². The largest absolute Gasteiger partial charge is 0.378 e. The lowest BCUT2D eigenvalue weighted by atomic mass is 10.1. The molecule has 0 saturated heterocycles. The summed E-state index contributed by atoms with van der Waals surface area (Å²) in [4.78, 5) is 16.7. The summed E-state index contributed by atoms with van der Waals surface area (Å²) in [5, 5.41) is 8.71. The lowest BCUT2D eigenvalue weighted by Crippen LogP contribution is -2.36. The van der Waals surface area contributed by atoms with Gasteiger partial charge >= 0.3 is 0 Å². The van der Waals surface area contributed by atoms with Gasteiger partial charge in [0.2, 0.25) is 5.84 Å². The zero-order valence-electron chi connectivity index (χ0n) is 14.4. The molecule has 132 valence electrons. The van der Waals surface area contributed by atoms with Crippen LogP contribution in [0.25, 0.3) is 10.9 Å². The number of hydrazine groups is 1. The standard InChI is InChI=1S/C19H20N6O/c1-2-13-7-4-6-10-16(13)25(21)24-18(20)19(26)23-17-12-11-14-8-3-5-9-15(14)22-17/h3-12H,2,21H2,1H3,(H2,20,24)(H,22,23,26). The first kappa shape index (κ1) is 17.4. The Hall–Kier alpha value is -3.45. The maximum Gasteiger partial charge on any atom is 0.293 e. The molecule has 2 aromatic carbocycles. The average molecular weight is 348 g/mol. The zero-order valence-corrected chi connectivity index (χ0v) is 14.4. The monoisotopic (exact) mass is 348 g/mol. The van der Waals surface area contributed by atoms with Gasteiger partial charge in [-0.3, -0.25) is 4.79 Å². The third kappa shape index (κ3) is 3.79. The van der Waals surface area contributed by atoms with Gasteiger partial charge in [-0.1, -0.05) is 43.3 Å². The van der Waals surface area contributed by atoms with E-state index in [0.717, 1.165) is 28.0 Å². The second kappa shape index (κ2) is 7.62. The number of nitrogens with one attached hydrogen (secondary N) is 1. The third-order valence-corrected chi connectivity index (χ3v) is 3.91. The number of amides is 1. The van der Waals surface area contributed by atoms with Crippen LogP contribution in [0.15, 0.2) is 65.8 Å². The number of hydrogen-bond acceptors (Lipinski definition) is 5. The summed E-state index contributed by atoms with van der Waals surface area (Å²) < 4.78 is 0. The van der Waals surface area contributed by atoms with Gasteiger partial charge in [-0.25, -0.2) is 10.8 Å². The second-order valence-electron chi connectivity index (χ2n) is 5.66. The Morgan fingerprint density at radius 2 is 1.85 bits per heavy atom. The molecule has 5 N–H and O–H groups in total. The molecule has 3 rings (SSSR count). The Morgan fingerprint density at radius 3 is 2.65 bits per heavy atom. The SMILES string of the molecule is CCc1ccccc1N(N)/N=C(\N)C(=O)Nc1ccc2ccccc2n1. The van der Waals surface area contributed by atoms with Crippen LogP contribution in [0.5, 0.6) is 0 Å². The van der Waals surface area contributed by atoms with Crippen molar-refractivity contribution in [2.75, 3.05) is 10.4 Å². The van der Waals surface area contributed by atoms with E-state index in [0.29, 0.717) is 11.5 Å². The summed E-state index contributed by atoms with van der Waals surface area (Å²) in [6.07, 6.45) is 0.784. The minimum Gasteiger partial charge on any atom is -0.378 e. The lowest BCUT2D eigenvalue weighted by molar-refractivity contribution is -0.110. The Labute approximate surface area is 151 Å². The number of hydrogen-bond donors (Lipinski definition) is 3. The van der Waals surface area contributed by atoms with E-state index in [9.17, 15) is 4.79 Å². The first-order valence-corrected chi connectivity index (χ1v) is 8.22. The lowest BCUT2D eigenvalue weighted by Gasteiger charge is -2.16. The Balaban J connectivity index is 1.76. The molecule has 3 aromatic rings. The van der Waals surface area contributed by atoms with Gasteiger partial charge in [0.25, 0.3) is 5.91 Å². The number of hydrazone groups is 1. The van der Waals surface area contributed by atoms with E-state index in [1.54, 1.807) is 6.07 Å². The van der Waals surface area contributed by atoms with Crippen molar-refractivity contribution in [1.82, 2.24) is 4.98 Å². The fourth-order valence-corrected chi connectivity index (χ4v) is 2.56. The van der Waals surface area contributed by atoms with Crippen LogP contribution in [-0.2, 0) is 11.2 Å². The average Bonchev–Trinajstić information content (AvgIpc) is 2.67. The van der Waals surface area contributed by atoms with Crippen molar-refractivity contribution < 1.29 is 4.79 Å². The van der Waals surface area contributed by atoms with Crippen molar-refractivity contribution in [1.29, 1.82) is 0 Å². The molecule has 1 aromatic heterocycles. The van der Waals surface area contributed by atoms with Gasteiger partial charge in [0.15, 0.2) is 0 Å². The predicted octanol–water partition coefficient (Wildman–Crippen LogP) is 2.39. The number of anilines is 2. The Bertz CT molecular complexity index is 969. The third-order valence-electron chi connectivity index (χ3n) is 3.91. The number of aryl methyl sites for hydroxylation is 1. The molecule has 0 aliphatic rings. The number of carbonyl (C=O) groups is 1. The van der Waals surface area contributed by atoms with Crippen molar-refractivity contribution in [2.45, 2.75) is 13.3 Å². The summed E-state index contributed by atoms with van der Waals surface area (Å²) in [5.41, 5.74) is 8.26. The first-order valence-electron chi connectivity index (χ1n) is 8.22. The predicted molar refractivity (Wildman–Crippen MR) is 104 cm³/mol. The minimum absolute atomic E-state index is 0.256. The fraction of sp³-hybridized carbons (Fsp3) is 0.105. The van der Waals surface area contributed by atoms with E-state index >= 15 is 0 Å². The fourth-order valence-electron chi connectivity index (χ4n) is 2.56. The Kier molecular flexibility index (Phi) is 5.09. The highest BCUT2D eigenvalue weighted by Gasteiger charge is 2.12. The maximum atomic E-state index is 12.3. The summed E-state index contributed by atoms with van der Waals surface area (Å²) >= 11 is 0. The maximum absolute atomic E-state index is 12.3. The number of nitrogens with two attached hydrogens (primary N) is 2. The highest BCUT2D eigenvalue weighted by molar-refractivity contribution is 6.41. The van der Waals surface area contributed by atoms with Gasteiger partial charge < -0.3 is 11.1 Å². The van der Waals surface area contributed by atoms with E-state index < -0.39 is 5.91 Å². The van der Waals surface area contributed by atoms with Crippen LogP contribution >= 0.6 is 0 Å². The van der Waals surface area contributed by atoms with Gasteiger partial charge in [0, 0.05) is 5.39 Å². The number of benzene rings is 2. The molecule has 0 unspecified atom stereocenters. The van der Waals surface area contributed by atoms with Gasteiger partial charge in [-0.2, -0.15) is 5.12 Å². The highest BCUT2D eigenvalue weighted by atomic mass is 16.2. The van der Waals surface area contributed by atoms with Crippen molar-refractivity contribution >= 4 is 34.2 Å². The zero-order chi connectivity index (χ0) is 18.5. The minimum atomic E-state index is -0.572. The summed E-state index contributed by atoms with van der Waals surface area (Å²) in [6.45, 7) is 2.01. The van der Waals surface area contributed by atoms with E-state index in [1.165, 1.54) is 0 Å². The number of nitrogens with zero attached hydrogens (tertiary/aromatic N) is 3. The molecule has 0 saturated carbocycles. The number of fused-ring (bicyclic) bond motifs is 1. The van der Waals surface area contributed by atoms with Crippen LogP contribution in [0, 0.1) is 0 Å². The first-order chi connectivity index (χ1) is 12.6. The molecule has 0 aliphatic carbocycles. The molecule has 7 heteroatoms. The van der Waals surface area contributed by atoms with Gasteiger partial charge in [-0.15, -0.1) is 5.10 Å². The molecule has 0 aliphatic heterocycles. The molecule has 7 nitrogen and oxygen atoms in total. The molecule has 0 atom stereocenters. The van der Waals surface area contributed by atoms with Crippen molar-refractivity contribution in [3.05, 3.63) is 66.2 Å². The molecule has 1 amide bonds. The van der Waals surface area contributed by atoms with Gasteiger partial charge in [0.05, 0.1) is 11.2 Å². The topological polar surface area (TPSA) is 110 Å². The number of rotatable bonds is 4. The highest BCUT2D eigenvalue weighted by Crippen LogP contribution is 2.18. The number of aromatic nitrogens is 1. The smallest absolute Gasteiger partial charge is 0.293 e. The summed E-state index contributed by atoms with van der Waals surface area (Å²) in [7, 11) is 0. The number of amidine groups is 1. The molecular formula is C19H20N6O. The molecular weight excluding hydrogens is 328 g/mol. The summed E-state index contributed by atoms with van der Waals surface area (Å²) in [5.74, 6) is 5.51. The van der Waals surface area contributed by atoms with Crippen LogP contribution < -0.4 is 22.0 Å². The van der Waals surface area contributed by atoms with Crippen molar-refractivity contribution in [3.63, 3.8) is 0 Å². The van der Waals surface area contributed by atoms with E-state index in [2.05, 4.69) is 15.4 Å². The number of para-hydroxylation sites is 2. The molecule has 1 heterocycles. The second-order valence-corrected chi connectivity index (χ2v) is 5.66. The van der Waals surface area contributed by atoms with Gasteiger partial charge in [-0.05, 0) is 36.2 Å². The molecule has 0 fully saturated rings. The number of pyridine rings is 1. The van der Waals surface area contributed by atoms with Crippen LogP contribution in [0.1, 0.15) is 12.5 Å². The molecule has 0 bridgehead atoms. The normalized spacial score (nSPS) is 11.4. The van der Waals surface area contributed by atoms with Crippen molar-refractivity contribution in [3.8, 4) is 0 Å². The Morgan fingerprint density at radius 1 is 1.12 bits per heavy atom. The van der Waals surface area contributed by atoms with Crippen molar-refractivity contribution in [2.24, 2.45) is 16.7 Å². The van der Waals surface area contributed by atoms with E-state index in [1.807, 2.05) is 61.5 Å². The van der Waals surface area contributed by atoms with E-state index in [4.69, 9.17) is 11.6 Å².